The predicted octanol–water partition coefficient (Wildman–Crippen LogP) is 4.19. The Kier molecular flexibility index (Phi) is 4.65. The van der Waals surface area contributed by atoms with Gasteiger partial charge in [0, 0.05) is 17.1 Å². The first kappa shape index (κ1) is 15.9. The van der Waals surface area contributed by atoms with Crippen LogP contribution in [0.4, 0.5) is 8.78 Å². The Bertz CT molecular complexity index is 862. The molecule has 4 nitrogen and oxygen atoms in total. The summed E-state index contributed by atoms with van der Waals surface area (Å²) in [5.41, 5.74) is 1.41. The molecular formula is C18H13F2NO3. The molecule has 3 aromatic rings. The first-order valence-electron chi connectivity index (χ1n) is 7.19. The zero-order valence-electron chi connectivity index (χ0n) is 12.5. The van der Waals surface area contributed by atoms with Crippen LogP contribution in [0, 0.1) is 0 Å². The van der Waals surface area contributed by atoms with Gasteiger partial charge in [-0.3, -0.25) is 4.98 Å². The molecule has 0 fully saturated rings. The van der Waals surface area contributed by atoms with Crippen molar-refractivity contribution in [3.63, 3.8) is 0 Å². The van der Waals surface area contributed by atoms with Crippen LogP contribution in [0.2, 0.25) is 0 Å². The van der Waals surface area contributed by atoms with Crippen LogP contribution in [0.15, 0.2) is 60.8 Å². The summed E-state index contributed by atoms with van der Waals surface area (Å²) in [4.78, 5) is 16.5. The molecule has 0 atom stereocenters. The fraction of sp³-hybridized carbons (Fsp3) is 0.111. The fourth-order valence-electron chi connectivity index (χ4n) is 2.34. The summed E-state index contributed by atoms with van der Waals surface area (Å²) < 4.78 is 34.4. The Hall–Kier alpha value is -3.02. The van der Waals surface area contributed by atoms with Crippen LogP contribution in [0.5, 0.6) is 5.75 Å². The predicted molar refractivity (Wildman–Crippen MR) is 83.9 cm³/mol. The number of hydrogen-bond acceptors (Lipinski definition) is 4. The average molecular weight is 329 g/mol. The lowest BCUT2D eigenvalue weighted by Crippen LogP contribution is -2.10. The lowest BCUT2D eigenvalue weighted by atomic mass is 10.1. The van der Waals surface area contributed by atoms with Gasteiger partial charge < -0.3 is 9.47 Å². The maximum Gasteiger partial charge on any atom is 0.387 e. The van der Waals surface area contributed by atoms with E-state index in [1.54, 1.807) is 18.3 Å². The van der Waals surface area contributed by atoms with E-state index in [-0.39, 0.29) is 17.9 Å². The second kappa shape index (κ2) is 7.04. The summed E-state index contributed by atoms with van der Waals surface area (Å²) in [6.45, 7) is -3.03. The molecular weight excluding hydrogens is 316 g/mol. The molecule has 0 amide bonds. The van der Waals surface area contributed by atoms with Crippen molar-refractivity contribution in [3.05, 3.63) is 71.9 Å². The molecule has 3 rings (SSSR count). The van der Waals surface area contributed by atoms with E-state index in [4.69, 9.17) is 4.74 Å². The number of esters is 1. The van der Waals surface area contributed by atoms with Crippen LogP contribution in [0.1, 0.15) is 15.9 Å². The van der Waals surface area contributed by atoms with Crippen molar-refractivity contribution in [1.29, 1.82) is 0 Å². The quantitative estimate of drug-likeness (QED) is 0.659. The molecule has 0 spiro atoms. The van der Waals surface area contributed by atoms with Crippen molar-refractivity contribution >= 4 is 16.9 Å². The summed E-state index contributed by atoms with van der Waals surface area (Å²) >= 11 is 0. The summed E-state index contributed by atoms with van der Waals surface area (Å²) in [6.07, 6.45) is 1.65. The van der Waals surface area contributed by atoms with E-state index in [9.17, 15) is 13.6 Å². The van der Waals surface area contributed by atoms with Gasteiger partial charge in [0.25, 0.3) is 0 Å². The molecule has 0 aliphatic rings. The Morgan fingerprint density at radius 2 is 1.83 bits per heavy atom. The SMILES string of the molecule is O=C(OCc1cccc2cccnc12)c1ccccc1OC(F)F. The first-order valence-corrected chi connectivity index (χ1v) is 7.19. The Balaban J connectivity index is 1.78. The van der Waals surface area contributed by atoms with Crippen molar-refractivity contribution in [3.8, 4) is 5.75 Å². The maximum atomic E-state index is 12.4. The molecule has 0 radical (unpaired) electrons. The van der Waals surface area contributed by atoms with Crippen LogP contribution in [0.3, 0.4) is 0 Å². The molecule has 0 saturated heterocycles. The van der Waals surface area contributed by atoms with E-state index >= 15 is 0 Å². The highest BCUT2D eigenvalue weighted by atomic mass is 19.3. The monoisotopic (exact) mass is 329 g/mol. The number of carbonyl (C=O) groups is 1. The molecule has 1 aromatic heterocycles. The van der Waals surface area contributed by atoms with E-state index in [1.165, 1.54) is 18.2 Å². The van der Waals surface area contributed by atoms with Gasteiger partial charge in [-0.05, 0) is 18.2 Å². The van der Waals surface area contributed by atoms with Crippen molar-refractivity contribution in [2.45, 2.75) is 13.2 Å². The number of fused-ring (bicyclic) bond motifs is 1. The lowest BCUT2D eigenvalue weighted by molar-refractivity contribution is -0.0504. The molecule has 0 aliphatic heterocycles. The Labute approximate surface area is 136 Å². The van der Waals surface area contributed by atoms with E-state index in [2.05, 4.69) is 9.72 Å². The average Bonchev–Trinajstić information content (AvgIpc) is 2.59. The Morgan fingerprint density at radius 1 is 1.04 bits per heavy atom. The summed E-state index contributed by atoms with van der Waals surface area (Å²) in [5.74, 6) is -0.951. The van der Waals surface area contributed by atoms with E-state index in [1.807, 2.05) is 24.3 Å². The van der Waals surface area contributed by atoms with Gasteiger partial charge in [-0.2, -0.15) is 8.78 Å². The van der Waals surface area contributed by atoms with Gasteiger partial charge in [0.1, 0.15) is 17.9 Å². The molecule has 122 valence electrons. The first-order chi connectivity index (χ1) is 11.6. The van der Waals surface area contributed by atoms with Gasteiger partial charge in [-0.25, -0.2) is 4.79 Å². The summed E-state index contributed by atoms with van der Waals surface area (Å²) in [6, 6.07) is 15.0. The van der Waals surface area contributed by atoms with Crippen LogP contribution in [0.25, 0.3) is 10.9 Å². The highest BCUT2D eigenvalue weighted by Gasteiger charge is 2.17. The molecule has 1 heterocycles. The molecule has 2 aromatic carbocycles. The van der Waals surface area contributed by atoms with Crippen LogP contribution >= 0.6 is 0 Å². The second-order valence-electron chi connectivity index (χ2n) is 4.94. The molecule has 0 N–H and O–H groups in total. The second-order valence-corrected chi connectivity index (χ2v) is 4.94. The van der Waals surface area contributed by atoms with Gasteiger partial charge in [0.05, 0.1) is 5.52 Å². The number of para-hydroxylation sites is 2. The zero-order chi connectivity index (χ0) is 16.9. The third kappa shape index (κ3) is 3.48. The number of rotatable bonds is 5. The number of pyridine rings is 1. The number of ether oxygens (including phenoxy) is 2. The molecule has 0 unspecified atom stereocenters. The van der Waals surface area contributed by atoms with Gasteiger partial charge in [-0.1, -0.05) is 36.4 Å². The smallest absolute Gasteiger partial charge is 0.387 e. The normalized spacial score (nSPS) is 10.8. The van der Waals surface area contributed by atoms with E-state index in [0.29, 0.717) is 0 Å². The number of benzene rings is 2. The molecule has 24 heavy (non-hydrogen) atoms. The number of halogens is 2. The van der Waals surface area contributed by atoms with Gasteiger partial charge in [0.2, 0.25) is 0 Å². The van der Waals surface area contributed by atoms with Crippen molar-refractivity contribution in [1.82, 2.24) is 4.98 Å². The molecule has 0 bridgehead atoms. The van der Waals surface area contributed by atoms with Gasteiger partial charge in [-0.15, -0.1) is 0 Å². The number of aromatic nitrogens is 1. The molecule has 0 saturated carbocycles. The highest BCUT2D eigenvalue weighted by Crippen LogP contribution is 2.22. The molecule has 6 heteroatoms. The number of alkyl halides is 2. The third-order valence-electron chi connectivity index (χ3n) is 3.40. The topological polar surface area (TPSA) is 48.4 Å². The Morgan fingerprint density at radius 3 is 2.67 bits per heavy atom. The van der Waals surface area contributed by atoms with Gasteiger partial charge >= 0.3 is 12.6 Å². The van der Waals surface area contributed by atoms with Crippen LogP contribution in [-0.4, -0.2) is 17.6 Å². The van der Waals surface area contributed by atoms with Gasteiger partial charge in [0.15, 0.2) is 0 Å². The number of nitrogens with zero attached hydrogens (tertiary/aromatic N) is 1. The molecule has 0 aliphatic carbocycles. The minimum Gasteiger partial charge on any atom is -0.457 e. The fourth-order valence-corrected chi connectivity index (χ4v) is 2.34. The van der Waals surface area contributed by atoms with E-state index in [0.717, 1.165) is 16.5 Å². The third-order valence-corrected chi connectivity index (χ3v) is 3.40. The van der Waals surface area contributed by atoms with Crippen LogP contribution < -0.4 is 4.74 Å². The highest BCUT2D eigenvalue weighted by molar-refractivity contribution is 5.92. The standard InChI is InChI=1S/C18H13F2NO3/c19-18(20)24-15-9-2-1-8-14(15)17(22)23-11-13-6-3-5-12-7-4-10-21-16(12)13/h1-10,18H,11H2. The maximum absolute atomic E-state index is 12.4. The minimum atomic E-state index is -3.01. The van der Waals surface area contributed by atoms with E-state index < -0.39 is 12.6 Å². The zero-order valence-corrected chi connectivity index (χ0v) is 12.5. The lowest BCUT2D eigenvalue weighted by Gasteiger charge is -2.11. The largest absolute Gasteiger partial charge is 0.457 e. The number of carbonyl (C=O) groups excluding carboxylic acids is 1. The van der Waals surface area contributed by atoms with Crippen molar-refractivity contribution in [2.24, 2.45) is 0 Å². The van der Waals surface area contributed by atoms with Crippen molar-refractivity contribution in [2.75, 3.05) is 0 Å². The summed E-state index contributed by atoms with van der Waals surface area (Å²) in [5, 5.41) is 0.924. The van der Waals surface area contributed by atoms with Crippen LogP contribution in [-0.2, 0) is 11.3 Å². The van der Waals surface area contributed by atoms with Crippen molar-refractivity contribution < 1.29 is 23.0 Å². The minimum absolute atomic E-state index is 0.0177. The number of hydrogen-bond donors (Lipinski definition) is 0. The summed E-state index contributed by atoms with van der Waals surface area (Å²) in [7, 11) is 0.